The molecule has 13 heavy (non-hydrogen) atoms. The minimum atomic E-state index is -1.47. The molecule has 0 spiro atoms. The van der Waals surface area contributed by atoms with Crippen molar-refractivity contribution in [3.05, 3.63) is 35.6 Å². The molecule has 1 aliphatic rings. The molecule has 1 heterocycles. The van der Waals surface area contributed by atoms with Crippen molar-refractivity contribution in [2.24, 2.45) is 0 Å². The van der Waals surface area contributed by atoms with Crippen molar-refractivity contribution in [2.45, 2.75) is 5.67 Å². The molecule has 1 aromatic carbocycles. The molecule has 1 nitrogen and oxygen atoms in total. The third-order valence-corrected chi connectivity index (χ3v) is 2.40. The molecule has 2 rings (SSSR count). The van der Waals surface area contributed by atoms with E-state index in [0.717, 1.165) is 0 Å². The Bertz CT molecular complexity index is 318. The second kappa shape index (κ2) is 2.77. The fourth-order valence-corrected chi connectivity index (χ4v) is 1.80. The first kappa shape index (κ1) is 8.63. The van der Waals surface area contributed by atoms with Crippen LogP contribution in [0.4, 0.5) is 8.78 Å². The van der Waals surface area contributed by atoms with E-state index < -0.39 is 11.5 Å². The van der Waals surface area contributed by atoms with Crippen molar-refractivity contribution in [1.82, 2.24) is 4.90 Å². The van der Waals surface area contributed by atoms with Crippen LogP contribution in [0, 0.1) is 5.82 Å². The summed E-state index contributed by atoms with van der Waals surface area (Å²) >= 11 is 0. The third-order valence-electron chi connectivity index (χ3n) is 2.40. The average molecular weight is 183 g/mol. The molecule has 0 radical (unpaired) electrons. The van der Waals surface area contributed by atoms with Crippen molar-refractivity contribution in [3.8, 4) is 0 Å². The van der Waals surface area contributed by atoms with Gasteiger partial charge in [0.15, 0.2) is 5.67 Å². The van der Waals surface area contributed by atoms with E-state index in [1.807, 2.05) is 11.9 Å². The zero-order valence-corrected chi connectivity index (χ0v) is 7.43. The number of benzene rings is 1. The van der Waals surface area contributed by atoms with Gasteiger partial charge in [-0.15, -0.1) is 0 Å². The summed E-state index contributed by atoms with van der Waals surface area (Å²) in [6, 6.07) is 6.06. The van der Waals surface area contributed by atoms with Gasteiger partial charge in [0.2, 0.25) is 0 Å². The molecule has 70 valence electrons. The number of rotatable bonds is 1. The number of likely N-dealkylation sites (tertiary alicyclic amines) is 1. The lowest BCUT2D eigenvalue weighted by atomic mass is 9.88. The quantitative estimate of drug-likeness (QED) is 0.643. The Morgan fingerprint density at radius 2 is 1.92 bits per heavy atom. The van der Waals surface area contributed by atoms with E-state index in [-0.39, 0.29) is 18.7 Å². The number of halogens is 2. The minimum absolute atomic E-state index is 0.188. The SMILES string of the molecule is CN1CC(F)(c2ccccc2F)C1. The summed E-state index contributed by atoms with van der Waals surface area (Å²) in [7, 11) is 1.82. The van der Waals surface area contributed by atoms with Gasteiger partial charge in [0.05, 0.1) is 0 Å². The molecule has 1 saturated heterocycles. The number of likely N-dealkylation sites (N-methyl/N-ethyl adjacent to an activating group) is 1. The Morgan fingerprint density at radius 3 is 2.46 bits per heavy atom. The van der Waals surface area contributed by atoms with Gasteiger partial charge in [-0.05, 0) is 13.1 Å². The highest BCUT2D eigenvalue weighted by atomic mass is 19.1. The van der Waals surface area contributed by atoms with Crippen molar-refractivity contribution in [3.63, 3.8) is 0 Å². The van der Waals surface area contributed by atoms with Gasteiger partial charge in [-0.2, -0.15) is 0 Å². The molecular formula is C10H11F2N. The number of hydrogen-bond donors (Lipinski definition) is 0. The molecule has 0 aliphatic carbocycles. The van der Waals surface area contributed by atoms with E-state index in [1.54, 1.807) is 12.1 Å². The molecular weight excluding hydrogens is 172 g/mol. The monoisotopic (exact) mass is 183 g/mol. The van der Waals surface area contributed by atoms with Gasteiger partial charge in [-0.25, -0.2) is 8.78 Å². The van der Waals surface area contributed by atoms with Gasteiger partial charge in [-0.1, -0.05) is 18.2 Å². The largest absolute Gasteiger partial charge is 0.299 e. The Morgan fingerprint density at radius 1 is 1.31 bits per heavy atom. The summed E-state index contributed by atoms with van der Waals surface area (Å²) in [5.41, 5.74) is -1.28. The maximum Gasteiger partial charge on any atom is 0.163 e. The van der Waals surface area contributed by atoms with Crippen LogP contribution in [0.15, 0.2) is 24.3 Å². The molecule has 0 amide bonds. The van der Waals surface area contributed by atoms with Gasteiger partial charge in [-0.3, -0.25) is 4.90 Å². The summed E-state index contributed by atoms with van der Waals surface area (Å²) in [5, 5.41) is 0. The molecule has 0 unspecified atom stereocenters. The van der Waals surface area contributed by atoms with Crippen molar-refractivity contribution in [2.75, 3.05) is 20.1 Å². The first-order chi connectivity index (χ1) is 6.12. The van der Waals surface area contributed by atoms with Gasteiger partial charge in [0, 0.05) is 18.7 Å². The lowest BCUT2D eigenvalue weighted by Crippen LogP contribution is -2.54. The van der Waals surface area contributed by atoms with E-state index >= 15 is 0 Å². The fraction of sp³-hybridized carbons (Fsp3) is 0.400. The normalized spacial score (nSPS) is 21.2. The van der Waals surface area contributed by atoms with Crippen molar-refractivity contribution in [1.29, 1.82) is 0 Å². The van der Waals surface area contributed by atoms with Gasteiger partial charge in [0.1, 0.15) is 5.82 Å². The summed E-state index contributed by atoms with van der Waals surface area (Å²) in [5.74, 6) is -0.446. The summed E-state index contributed by atoms with van der Waals surface area (Å²) in [6.45, 7) is 0.571. The first-order valence-electron chi connectivity index (χ1n) is 4.24. The van der Waals surface area contributed by atoms with Crippen molar-refractivity contribution >= 4 is 0 Å². The zero-order valence-electron chi connectivity index (χ0n) is 7.43. The Labute approximate surface area is 76.0 Å². The average Bonchev–Trinajstić information content (AvgIpc) is 2.02. The van der Waals surface area contributed by atoms with Crippen LogP contribution in [-0.2, 0) is 5.67 Å². The maximum absolute atomic E-state index is 13.9. The van der Waals surface area contributed by atoms with Gasteiger partial charge >= 0.3 is 0 Å². The summed E-state index contributed by atoms with van der Waals surface area (Å²) in [6.07, 6.45) is 0. The number of nitrogens with zero attached hydrogens (tertiary/aromatic N) is 1. The summed E-state index contributed by atoms with van der Waals surface area (Å²) < 4.78 is 27.0. The number of alkyl halides is 1. The van der Waals surface area contributed by atoms with E-state index in [1.165, 1.54) is 12.1 Å². The standard InChI is InChI=1S/C10H11F2N/c1-13-6-10(12,7-13)8-4-2-3-5-9(8)11/h2-5H,6-7H2,1H3. The molecule has 1 aromatic rings. The molecule has 0 N–H and O–H groups in total. The van der Waals surface area contributed by atoms with Crippen LogP contribution in [0.3, 0.4) is 0 Å². The van der Waals surface area contributed by atoms with E-state index in [0.29, 0.717) is 0 Å². The van der Waals surface area contributed by atoms with Crippen LogP contribution in [0.2, 0.25) is 0 Å². The molecule has 1 aliphatic heterocycles. The van der Waals surface area contributed by atoms with Crippen LogP contribution < -0.4 is 0 Å². The predicted molar refractivity (Wildman–Crippen MR) is 46.7 cm³/mol. The van der Waals surface area contributed by atoms with Crippen LogP contribution in [-0.4, -0.2) is 25.0 Å². The lowest BCUT2D eigenvalue weighted by Gasteiger charge is -2.42. The van der Waals surface area contributed by atoms with E-state index in [9.17, 15) is 8.78 Å². The second-order valence-electron chi connectivity index (χ2n) is 3.62. The Kier molecular flexibility index (Phi) is 1.84. The topological polar surface area (TPSA) is 3.24 Å². The van der Waals surface area contributed by atoms with Crippen molar-refractivity contribution < 1.29 is 8.78 Å². The van der Waals surface area contributed by atoms with Crippen LogP contribution in [0.1, 0.15) is 5.56 Å². The van der Waals surface area contributed by atoms with Crippen LogP contribution in [0.25, 0.3) is 0 Å². The van der Waals surface area contributed by atoms with Gasteiger partial charge in [0.25, 0.3) is 0 Å². The molecule has 0 bridgehead atoms. The summed E-state index contributed by atoms with van der Waals surface area (Å²) in [4.78, 5) is 1.83. The highest BCUT2D eigenvalue weighted by Crippen LogP contribution is 2.36. The molecule has 3 heteroatoms. The highest BCUT2D eigenvalue weighted by molar-refractivity contribution is 5.27. The van der Waals surface area contributed by atoms with E-state index in [4.69, 9.17) is 0 Å². The predicted octanol–water partition coefficient (Wildman–Crippen LogP) is 1.94. The van der Waals surface area contributed by atoms with Gasteiger partial charge < -0.3 is 0 Å². The maximum atomic E-state index is 13.9. The molecule has 0 saturated carbocycles. The lowest BCUT2D eigenvalue weighted by molar-refractivity contribution is -0.0220. The van der Waals surface area contributed by atoms with Crippen LogP contribution in [0.5, 0.6) is 0 Å². The van der Waals surface area contributed by atoms with E-state index in [2.05, 4.69) is 0 Å². The second-order valence-corrected chi connectivity index (χ2v) is 3.62. The fourth-order valence-electron chi connectivity index (χ4n) is 1.80. The smallest absolute Gasteiger partial charge is 0.163 e. The first-order valence-corrected chi connectivity index (χ1v) is 4.24. The number of hydrogen-bond acceptors (Lipinski definition) is 1. The zero-order chi connectivity index (χ0) is 9.47. The molecule has 0 aromatic heterocycles. The van der Waals surface area contributed by atoms with Crippen LogP contribution >= 0.6 is 0 Å². The molecule has 1 fully saturated rings. The Balaban J connectivity index is 2.31. The Hall–Kier alpha value is -0.960. The molecule has 0 atom stereocenters. The highest BCUT2D eigenvalue weighted by Gasteiger charge is 2.44. The minimum Gasteiger partial charge on any atom is -0.299 e. The third kappa shape index (κ3) is 1.33.